The first-order chi connectivity index (χ1) is 10.6. The SMILES string of the molecule is CCc1ccc2[nH]cc(C(=O)c3ccc(F)cc3)c(=O)c2c1. The van der Waals surface area contributed by atoms with Crippen LogP contribution in [0.4, 0.5) is 4.39 Å². The number of hydrogen-bond donors (Lipinski definition) is 1. The molecule has 1 N–H and O–H groups in total. The minimum Gasteiger partial charge on any atom is -0.360 e. The molecule has 0 aliphatic carbocycles. The molecular weight excluding hydrogens is 281 g/mol. The van der Waals surface area contributed by atoms with Crippen LogP contribution in [0.1, 0.15) is 28.4 Å². The molecule has 0 fully saturated rings. The molecule has 0 bridgehead atoms. The van der Waals surface area contributed by atoms with Gasteiger partial charge in [0.2, 0.25) is 5.43 Å². The third-order valence-electron chi connectivity index (χ3n) is 3.70. The summed E-state index contributed by atoms with van der Waals surface area (Å²) in [5.74, 6) is -0.832. The number of aromatic amines is 1. The van der Waals surface area contributed by atoms with Crippen LogP contribution < -0.4 is 5.43 Å². The van der Waals surface area contributed by atoms with Crippen LogP contribution in [0.3, 0.4) is 0 Å². The molecule has 0 aliphatic heterocycles. The van der Waals surface area contributed by atoms with Gasteiger partial charge in [0.25, 0.3) is 0 Å². The van der Waals surface area contributed by atoms with E-state index in [1.54, 1.807) is 6.07 Å². The van der Waals surface area contributed by atoms with Crippen LogP contribution in [0.2, 0.25) is 0 Å². The van der Waals surface area contributed by atoms with E-state index in [0.29, 0.717) is 10.9 Å². The van der Waals surface area contributed by atoms with E-state index in [0.717, 1.165) is 12.0 Å². The summed E-state index contributed by atoms with van der Waals surface area (Å²) in [5, 5.41) is 0.493. The number of benzene rings is 2. The van der Waals surface area contributed by atoms with E-state index in [4.69, 9.17) is 0 Å². The summed E-state index contributed by atoms with van der Waals surface area (Å²) >= 11 is 0. The molecule has 110 valence electrons. The van der Waals surface area contributed by atoms with Crippen LogP contribution in [-0.4, -0.2) is 10.8 Å². The summed E-state index contributed by atoms with van der Waals surface area (Å²) < 4.78 is 12.9. The Labute approximate surface area is 126 Å². The molecule has 1 aromatic heterocycles. The second-order valence-corrected chi connectivity index (χ2v) is 5.10. The summed E-state index contributed by atoms with van der Waals surface area (Å²) in [6.45, 7) is 2.00. The first-order valence-corrected chi connectivity index (χ1v) is 7.04. The van der Waals surface area contributed by atoms with Crippen molar-refractivity contribution in [1.82, 2.24) is 4.98 Å². The van der Waals surface area contributed by atoms with Crippen LogP contribution in [0.15, 0.2) is 53.5 Å². The number of pyridine rings is 1. The molecule has 3 aromatic rings. The quantitative estimate of drug-likeness (QED) is 0.752. The topological polar surface area (TPSA) is 49.9 Å². The van der Waals surface area contributed by atoms with Crippen molar-refractivity contribution in [2.75, 3.05) is 0 Å². The number of carbonyl (C=O) groups excluding carboxylic acids is 1. The molecule has 0 amide bonds. The molecule has 0 spiro atoms. The maximum absolute atomic E-state index is 12.9. The molecule has 2 aromatic carbocycles. The zero-order valence-electron chi connectivity index (χ0n) is 12.0. The number of carbonyl (C=O) groups is 1. The molecule has 3 rings (SSSR count). The van der Waals surface area contributed by atoms with Gasteiger partial charge in [-0.05, 0) is 48.4 Å². The Morgan fingerprint density at radius 3 is 2.55 bits per heavy atom. The number of ketones is 1. The largest absolute Gasteiger partial charge is 0.360 e. The number of nitrogens with one attached hydrogen (secondary N) is 1. The highest BCUT2D eigenvalue weighted by Gasteiger charge is 2.15. The molecule has 3 nitrogen and oxygen atoms in total. The molecule has 4 heteroatoms. The highest BCUT2D eigenvalue weighted by Crippen LogP contribution is 2.14. The number of halogens is 1. The Hall–Kier alpha value is -2.75. The van der Waals surface area contributed by atoms with Crippen molar-refractivity contribution in [3.05, 3.63) is 81.4 Å². The standard InChI is InChI=1S/C18H14FNO2/c1-2-11-3-8-16-14(9-11)18(22)15(10-20-16)17(21)12-4-6-13(19)7-5-12/h3-10H,2H2,1H3,(H,20,22). The molecule has 0 saturated heterocycles. The van der Waals surface area contributed by atoms with E-state index in [2.05, 4.69) is 4.98 Å². The summed E-state index contributed by atoms with van der Waals surface area (Å²) in [6, 6.07) is 10.7. The van der Waals surface area contributed by atoms with Crippen molar-refractivity contribution in [3.63, 3.8) is 0 Å². The van der Waals surface area contributed by atoms with Crippen molar-refractivity contribution >= 4 is 16.7 Å². The number of aryl methyl sites for hydroxylation is 1. The van der Waals surface area contributed by atoms with Gasteiger partial charge in [-0.3, -0.25) is 9.59 Å². The summed E-state index contributed by atoms with van der Waals surface area (Å²) in [7, 11) is 0. The Balaban J connectivity index is 2.14. The minimum absolute atomic E-state index is 0.0624. The van der Waals surface area contributed by atoms with E-state index >= 15 is 0 Å². The van der Waals surface area contributed by atoms with E-state index in [1.807, 2.05) is 19.1 Å². The van der Waals surface area contributed by atoms with Gasteiger partial charge in [0, 0.05) is 22.7 Å². The van der Waals surface area contributed by atoms with Crippen LogP contribution in [-0.2, 0) is 6.42 Å². The van der Waals surface area contributed by atoms with Crippen LogP contribution in [0.5, 0.6) is 0 Å². The highest BCUT2D eigenvalue weighted by atomic mass is 19.1. The van der Waals surface area contributed by atoms with Crippen molar-refractivity contribution in [1.29, 1.82) is 0 Å². The molecule has 0 aliphatic rings. The number of rotatable bonds is 3. The fourth-order valence-corrected chi connectivity index (χ4v) is 2.41. The predicted octanol–water partition coefficient (Wildman–Crippen LogP) is 3.46. The molecule has 0 radical (unpaired) electrons. The minimum atomic E-state index is -0.420. The fraction of sp³-hybridized carbons (Fsp3) is 0.111. The first-order valence-electron chi connectivity index (χ1n) is 7.04. The van der Waals surface area contributed by atoms with E-state index in [9.17, 15) is 14.0 Å². The number of fused-ring (bicyclic) bond motifs is 1. The average Bonchev–Trinajstić information content (AvgIpc) is 2.55. The van der Waals surface area contributed by atoms with Gasteiger partial charge in [0.15, 0.2) is 5.78 Å². The van der Waals surface area contributed by atoms with Gasteiger partial charge in [-0.2, -0.15) is 0 Å². The normalized spacial score (nSPS) is 10.8. The summed E-state index contributed by atoms with van der Waals surface area (Å²) in [6.07, 6.45) is 2.23. The number of aromatic nitrogens is 1. The second kappa shape index (κ2) is 5.56. The van der Waals surface area contributed by atoms with Crippen molar-refractivity contribution < 1.29 is 9.18 Å². The lowest BCUT2D eigenvalue weighted by atomic mass is 10.0. The molecule has 0 unspecified atom stereocenters. The van der Waals surface area contributed by atoms with Gasteiger partial charge < -0.3 is 4.98 Å². The fourth-order valence-electron chi connectivity index (χ4n) is 2.41. The zero-order chi connectivity index (χ0) is 15.7. The summed E-state index contributed by atoms with van der Waals surface area (Å²) in [4.78, 5) is 28.0. The third kappa shape index (κ3) is 2.44. The first kappa shape index (κ1) is 14.2. The maximum Gasteiger partial charge on any atom is 0.200 e. The summed E-state index contributed by atoms with van der Waals surface area (Å²) in [5.41, 5.74) is 1.77. The second-order valence-electron chi connectivity index (χ2n) is 5.10. The van der Waals surface area contributed by atoms with Gasteiger partial charge in [-0.25, -0.2) is 4.39 Å². The Kier molecular flexibility index (Phi) is 3.59. The Bertz CT molecular complexity index is 911. The maximum atomic E-state index is 12.9. The third-order valence-corrected chi connectivity index (χ3v) is 3.70. The smallest absolute Gasteiger partial charge is 0.200 e. The lowest BCUT2D eigenvalue weighted by molar-refractivity contribution is 0.103. The van der Waals surface area contributed by atoms with Crippen molar-refractivity contribution in [3.8, 4) is 0 Å². The van der Waals surface area contributed by atoms with Gasteiger partial charge in [-0.15, -0.1) is 0 Å². The van der Waals surface area contributed by atoms with Gasteiger partial charge >= 0.3 is 0 Å². The Morgan fingerprint density at radius 2 is 1.86 bits per heavy atom. The molecule has 0 saturated carbocycles. The molecule has 1 heterocycles. The number of H-pyrrole nitrogens is 1. The van der Waals surface area contributed by atoms with Crippen LogP contribution in [0.25, 0.3) is 10.9 Å². The predicted molar refractivity (Wildman–Crippen MR) is 83.8 cm³/mol. The monoisotopic (exact) mass is 295 g/mol. The van der Waals surface area contributed by atoms with E-state index < -0.39 is 11.6 Å². The van der Waals surface area contributed by atoms with Gasteiger partial charge in [0.1, 0.15) is 5.82 Å². The van der Waals surface area contributed by atoms with Gasteiger partial charge in [-0.1, -0.05) is 13.0 Å². The average molecular weight is 295 g/mol. The lowest BCUT2D eigenvalue weighted by Gasteiger charge is -2.05. The lowest BCUT2D eigenvalue weighted by Crippen LogP contribution is -2.16. The van der Waals surface area contributed by atoms with Gasteiger partial charge in [0.05, 0.1) is 5.56 Å². The highest BCUT2D eigenvalue weighted by molar-refractivity contribution is 6.10. The van der Waals surface area contributed by atoms with Crippen molar-refractivity contribution in [2.45, 2.75) is 13.3 Å². The molecule has 0 atom stereocenters. The van der Waals surface area contributed by atoms with Crippen LogP contribution in [0, 0.1) is 5.82 Å². The Morgan fingerprint density at radius 1 is 1.14 bits per heavy atom. The van der Waals surface area contributed by atoms with Crippen molar-refractivity contribution in [2.24, 2.45) is 0 Å². The zero-order valence-corrected chi connectivity index (χ0v) is 12.0. The number of hydrogen-bond acceptors (Lipinski definition) is 2. The van der Waals surface area contributed by atoms with Crippen LogP contribution >= 0.6 is 0 Å². The molecular formula is C18H14FNO2. The molecule has 22 heavy (non-hydrogen) atoms. The van der Waals surface area contributed by atoms with E-state index in [-0.39, 0.29) is 16.6 Å². The van der Waals surface area contributed by atoms with E-state index in [1.165, 1.54) is 30.5 Å².